The molecule has 0 unspecified atom stereocenters. The first-order chi connectivity index (χ1) is 18.5. The fourth-order valence-corrected chi connectivity index (χ4v) is 4.05. The Labute approximate surface area is 221 Å². The summed E-state index contributed by atoms with van der Waals surface area (Å²) in [6, 6.07) is 13.3. The van der Waals surface area contributed by atoms with Gasteiger partial charge in [0.05, 0.1) is 12.2 Å². The molecule has 0 amide bonds. The number of aliphatic hydroxyl groups excluding tert-OH is 2. The van der Waals surface area contributed by atoms with E-state index in [1.165, 1.54) is 18.2 Å². The SMILES string of the molecule is O=C(O[C@H]1[C@H](Oc2ccccc2)O[C@H](CO)[C@](O)(/C=C/c2cc(O)cc(O)c2)[C@@H]1O)c1cc(O)c(O)c(O)c1. The number of rotatable bonds is 7. The number of esters is 1. The van der Waals surface area contributed by atoms with Crippen LogP contribution in [0.25, 0.3) is 6.08 Å². The molecule has 1 fully saturated rings. The van der Waals surface area contributed by atoms with Crippen LogP contribution < -0.4 is 4.74 Å². The Bertz CT molecular complexity index is 1310. The van der Waals surface area contributed by atoms with Crippen molar-refractivity contribution in [2.75, 3.05) is 6.61 Å². The van der Waals surface area contributed by atoms with Gasteiger partial charge in [0.2, 0.25) is 6.29 Å². The highest BCUT2D eigenvalue weighted by atomic mass is 16.7. The number of aromatic hydroxyl groups is 5. The van der Waals surface area contributed by atoms with Crippen LogP contribution in [0.15, 0.2) is 66.7 Å². The molecule has 1 aliphatic heterocycles. The smallest absolute Gasteiger partial charge is 0.339 e. The number of para-hydroxylation sites is 1. The van der Waals surface area contributed by atoms with E-state index in [-0.39, 0.29) is 22.8 Å². The minimum Gasteiger partial charge on any atom is -0.508 e. The molecule has 3 aromatic carbocycles. The van der Waals surface area contributed by atoms with Gasteiger partial charge >= 0.3 is 5.97 Å². The molecule has 206 valence electrons. The van der Waals surface area contributed by atoms with Crippen LogP contribution >= 0.6 is 0 Å². The van der Waals surface area contributed by atoms with Gasteiger partial charge in [0.25, 0.3) is 0 Å². The first-order valence-electron chi connectivity index (χ1n) is 11.6. The Balaban J connectivity index is 1.70. The molecule has 0 bridgehead atoms. The summed E-state index contributed by atoms with van der Waals surface area (Å²) in [6.45, 7) is -0.807. The summed E-state index contributed by atoms with van der Waals surface area (Å²) >= 11 is 0. The van der Waals surface area contributed by atoms with E-state index in [4.69, 9.17) is 14.2 Å². The maximum atomic E-state index is 12.9. The lowest BCUT2D eigenvalue weighted by molar-refractivity contribution is -0.299. The largest absolute Gasteiger partial charge is 0.508 e. The summed E-state index contributed by atoms with van der Waals surface area (Å²) in [7, 11) is 0. The normalized spacial score (nSPS) is 24.9. The lowest BCUT2D eigenvalue weighted by atomic mass is 9.83. The summed E-state index contributed by atoms with van der Waals surface area (Å²) in [5.74, 6) is -3.98. The van der Waals surface area contributed by atoms with Gasteiger partial charge in [-0.3, -0.25) is 0 Å². The van der Waals surface area contributed by atoms with Gasteiger partial charge in [-0.25, -0.2) is 4.79 Å². The molecule has 3 aromatic rings. The van der Waals surface area contributed by atoms with Gasteiger partial charge < -0.3 is 55.1 Å². The zero-order chi connectivity index (χ0) is 28.3. The number of ether oxygens (including phenoxy) is 3. The third kappa shape index (κ3) is 5.84. The van der Waals surface area contributed by atoms with Crippen molar-refractivity contribution < 1.29 is 59.9 Å². The maximum Gasteiger partial charge on any atom is 0.339 e. The first-order valence-corrected chi connectivity index (χ1v) is 11.6. The van der Waals surface area contributed by atoms with E-state index in [1.54, 1.807) is 30.3 Å². The van der Waals surface area contributed by atoms with Gasteiger partial charge in [0.1, 0.15) is 35.1 Å². The van der Waals surface area contributed by atoms with E-state index in [1.807, 2.05) is 0 Å². The first kappa shape index (κ1) is 27.5. The molecule has 5 atom stereocenters. The maximum absolute atomic E-state index is 12.9. The van der Waals surface area contributed by atoms with Crippen molar-refractivity contribution in [3.8, 4) is 34.5 Å². The molecule has 4 rings (SSSR count). The van der Waals surface area contributed by atoms with Crippen LogP contribution in [-0.4, -0.2) is 83.6 Å². The van der Waals surface area contributed by atoms with Crippen LogP contribution in [0, 0.1) is 0 Å². The minimum atomic E-state index is -2.39. The van der Waals surface area contributed by atoms with Crippen molar-refractivity contribution in [3.63, 3.8) is 0 Å². The summed E-state index contributed by atoms with van der Waals surface area (Å²) in [4.78, 5) is 12.9. The molecule has 12 heteroatoms. The summed E-state index contributed by atoms with van der Waals surface area (Å²) in [5, 5.41) is 81.3. The number of hydrogen-bond acceptors (Lipinski definition) is 12. The predicted octanol–water partition coefficient (Wildman–Crippen LogP) is 1.34. The number of hydrogen-bond donors (Lipinski definition) is 8. The van der Waals surface area contributed by atoms with Gasteiger partial charge in [-0.2, -0.15) is 0 Å². The fourth-order valence-electron chi connectivity index (χ4n) is 4.05. The molecule has 0 saturated carbocycles. The van der Waals surface area contributed by atoms with Crippen molar-refractivity contribution in [3.05, 3.63) is 77.9 Å². The minimum absolute atomic E-state index is 0.219. The molecule has 0 aliphatic carbocycles. The lowest BCUT2D eigenvalue weighted by Gasteiger charge is -2.47. The second-order valence-corrected chi connectivity index (χ2v) is 8.79. The van der Waals surface area contributed by atoms with Crippen LogP contribution in [-0.2, 0) is 9.47 Å². The van der Waals surface area contributed by atoms with Gasteiger partial charge in [0, 0.05) is 6.07 Å². The summed E-state index contributed by atoms with van der Waals surface area (Å²) in [6.07, 6.45) is -4.50. The average molecular weight is 542 g/mol. The molecule has 0 spiro atoms. The Morgan fingerprint density at radius 1 is 0.949 bits per heavy atom. The van der Waals surface area contributed by atoms with Gasteiger partial charge in [-0.1, -0.05) is 24.3 Å². The number of carbonyl (C=O) groups is 1. The molecule has 12 nitrogen and oxygen atoms in total. The van der Waals surface area contributed by atoms with Crippen molar-refractivity contribution in [1.82, 2.24) is 0 Å². The van der Waals surface area contributed by atoms with E-state index in [0.717, 1.165) is 24.3 Å². The zero-order valence-electron chi connectivity index (χ0n) is 20.2. The van der Waals surface area contributed by atoms with Crippen molar-refractivity contribution >= 4 is 12.0 Å². The predicted molar refractivity (Wildman–Crippen MR) is 133 cm³/mol. The lowest BCUT2D eigenvalue weighted by Crippen LogP contribution is -2.67. The van der Waals surface area contributed by atoms with Crippen LogP contribution in [0.4, 0.5) is 0 Å². The number of phenolic OH excluding ortho intramolecular Hbond substituents is 5. The molecule has 1 saturated heterocycles. The van der Waals surface area contributed by atoms with Crippen molar-refractivity contribution in [2.24, 2.45) is 0 Å². The Morgan fingerprint density at radius 2 is 1.56 bits per heavy atom. The van der Waals surface area contributed by atoms with Crippen LogP contribution in [0.3, 0.4) is 0 Å². The number of carbonyl (C=O) groups excluding carboxylic acids is 1. The second-order valence-electron chi connectivity index (χ2n) is 8.79. The highest BCUT2D eigenvalue weighted by molar-refractivity contribution is 5.91. The summed E-state index contributed by atoms with van der Waals surface area (Å²) < 4.78 is 16.9. The highest BCUT2D eigenvalue weighted by Gasteiger charge is 2.56. The van der Waals surface area contributed by atoms with Gasteiger partial charge in [-0.15, -0.1) is 0 Å². The standard InChI is InChI=1S/C27H26O12/c28-13-21-27(36,7-6-14-8-16(29)12-17(30)9-14)24(34)23(26(38-21)37-18-4-2-1-3-5-18)39-25(35)15-10-19(31)22(33)20(32)11-15/h1-12,21,23-24,26,28-34,36H,13H2/b7-6+/t21-,23-,24-,26-,27-/m1/s1. The van der Waals surface area contributed by atoms with Gasteiger partial charge in [0.15, 0.2) is 23.4 Å². The third-order valence-corrected chi connectivity index (χ3v) is 6.04. The second kappa shape index (κ2) is 11.1. The number of phenols is 5. The Hall–Kier alpha value is -4.49. The number of aliphatic hydroxyl groups is 3. The van der Waals surface area contributed by atoms with E-state index >= 15 is 0 Å². The van der Waals surface area contributed by atoms with Crippen molar-refractivity contribution in [2.45, 2.75) is 30.2 Å². The molecule has 0 aromatic heterocycles. The molecular weight excluding hydrogens is 516 g/mol. The molecule has 39 heavy (non-hydrogen) atoms. The highest BCUT2D eigenvalue weighted by Crippen LogP contribution is 2.38. The van der Waals surface area contributed by atoms with E-state index < -0.39 is 65.6 Å². The van der Waals surface area contributed by atoms with Gasteiger partial charge in [-0.05, 0) is 48.0 Å². The molecule has 8 N–H and O–H groups in total. The Morgan fingerprint density at radius 3 is 2.15 bits per heavy atom. The molecule has 1 heterocycles. The van der Waals surface area contributed by atoms with Crippen molar-refractivity contribution in [1.29, 1.82) is 0 Å². The average Bonchev–Trinajstić information content (AvgIpc) is 2.90. The van der Waals surface area contributed by atoms with E-state index in [2.05, 4.69) is 0 Å². The van der Waals surface area contributed by atoms with E-state index in [0.29, 0.717) is 0 Å². The molecule has 1 aliphatic rings. The zero-order valence-corrected chi connectivity index (χ0v) is 20.2. The summed E-state index contributed by atoms with van der Waals surface area (Å²) in [5.41, 5.74) is -2.58. The monoisotopic (exact) mass is 542 g/mol. The van der Waals surface area contributed by atoms with E-state index in [9.17, 15) is 45.6 Å². The Kier molecular flexibility index (Phi) is 7.83. The molecular formula is C27H26O12. The quantitative estimate of drug-likeness (QED) is 0.157. The topological polar surface area (TPSA) is 207 Å². The third-order valence-electron chi connectivity index (χ3n) is 6.04. The van der Waals surface area contributed by atoms with Crippen LogP contribution in [0.1, 0.15) is 15.9 Å². The number of benzene rings is 3. The fraction of sp³-hybridized carbons (Fsp3) is 0.222. The van der Waals surface area contributed by atoms with Crippen LogP contribution in [0.5, 0.6) is 34.5 Å². The molecule has 0 radical (unpaired) electrons. The van der Waals surface area contributed by atoms with Crippen LogP contribution in [0.2, 0.25) is 0 Å².